The van der Waals surface area contributed by atoms with Gasteiger partial charge in [-0.15, -0.1) is 0 Å². The topological polar surface area (TPSA) is 104 Å². The van der Waals surface area contributed by atoms with Crippen molar-refractivity contribution in [3.8, 4) is 0 Å². The molecule has 7 heteroatoms. The highest BCUT2D eigenvalue weighted by atomic mass is 16.4. The molecule has 2 rings (SSSR count). The second kappa shape index (κ2) is 7.24. The van der Waals surface area contributed by atoms with E-state index in [9.17, 15) is 9.59 Å². The Kier molecular flexibility index (Phi) is 5.35. The Hall–Kier alpha value is -1.86. The molecule has 4 N–H and O–H groups in total. The van der Waals surface area contributed by atoms with Gasteiger partial charge < -0.3 is 25.4 Å². The number of carbonyl (C=O) groups is 2. The number of amides is 1. The van der Waals surface area contributed by atoms with Crippen LogP contribution in [-0.2, 0) is 4.79 Å². The Morgan fingerprint density at radius 1 is 1.43 bits per heavy atom. The lowest BCUT2D eigenvalue weighted by Crippen LogP contribution is -2.42. The van der Waals surface area contributed by atoms with Crippen molar-refractivity contribution in [2.45, 2.75) is 31.3 Å². The van der Waals surface area contributed by atoms with Gasteiger partial charge in [0.05, 0.1) is 0 Å². The molecule has 21 heavy (non-hydrogen) atoms. The molecule has 1 aliphatic heterocycles. The van der Waals surface area contributed by atoms with Crippen molar-refractivity contribution in [2.24, 2.45) is 0 Å². The first-order valence-electron chi connectivity index (χ1n) is 7.15. The molecule has 1 aliphatic rings. The van der Waals surface area contributed by atoms with Crippen molar-refractivity contribution in [3.05, 3.63) is 24.0 Å². The molecule has 0 bridgehead atoms. The number of carboxylic acids is 1. The average molecular weight is 295 g/mol. The van der Waals surface area contributed by atoms with Crippen LogP contribution in [-0.4, -0.2) is 52.4 Å². The quantitative estimate of drug-likeness (QED) is 0.590. The number of aliphatic hydroxyl groups is 1. The van der Waals surface area contributed by atoms with E-state index in [1.54, 1.807) is 12.1 Å². The van der Waals surface area contributed by atoms with Gasteiger partial charge in [0.25, 0.3) is 5.91 Å². The fourth-order valence-electron chi connectivity index (χ4n) is 2.61. The van der Waals surface area contributed by atoms with Crippen LogP contribution in [0.5, 0.6) is 0 Å². The summed E-state index contributed by atoms with van der Waals surface area (Å²) in [6, 6.07) is 2.66. The highest BCUT2D eigenvalue weighted by Crippen LogP contribution is 2.21. The third kappa shape index (κ3) is 3.83. The van der Waals surface area contributed by atoms with E-state index in [1.807, 2.05) is 10.8 Å². The lowest BCUT2D eigenvalue weighted by atomic mass is 10.1. The molecule has 7 nitrogen and oxygen atoms in total. The number of hydrogen-bond acceptors (Lipinski definition) is 4. The molecule has 0 aromatic carbocycles. The summed E-state index contributed by atoms with van der Waals surface area (Å²) >= 11 is 0. The monoisotopic (exact) mass is 295 g/mol. The molecule has 0 unspecified atom stereocenters. The maximum absolute atomic E-state index is 12.3. The van der Waals surface area contributed by atoms with Gasteiger partial charge in [-0.2, -0.15) is 0 Å². The summed E-state index contributed by atoms with van der Waals surface area (Å²) in [6.07, 6.45) is 3.73. The normalized spacial score (nSPS) is 17.4. The number of carbonyl (C=O) groups excluding carboxylic acids is 1. The number of rotatable bonds is 6. The molecular formula is C14H21N3O4. The molecule has 1 fully saturated rings. The Morgan fingerprint density at radius 2 is 2.14 bits per heavy atom. The number of aliphatic hydroxyl groups excluding tert-OH is 1. The van der Waals surface area contributed by atoms with Crippen molar-refractivity contribution in [1.29, 1.82) is 0 Å². The number of hydrogen-bond donors (Lipinski definition) is 4. The second-order valence-electron chi connectivity index (χ2n) is 5.16. The number of aromatic nitrogens is 1. The molecule has 1 aromatic rings. The summed E-state index contributed by atoms with van der Waals surface area (Å²) in [5.74, 6) is -1.56. The molecule has 2 heterocycles. The zero-order valence-electron chi connectivity index (χ0n) is 11.8. The highest BCUT2D eigenvalue weighted by molar-refractivity contribution is 5.95. The predicted octanol–water partition coefficient (Wildman–Crippen LogP) is -0.0220. The van der Waals surface area contributed by atoms with Gasteiger partial charge >= 0.3 is 5.97 Å². The van der Waals surface area contributed by atoms with E-state index in [0.717, 1.165) is 25.9 Å². The van der Waals surface area contributed by atoms with Crippen LogP contribution in [0.1, 0.15) is 35.8 Å². The summed E-state index contributed by atoms with van der Waals surface area (Å²) in [5, 5.41) is 23.6. The number of nitrogens with one attached hydrogen (secondary N) is 2. The van der Waals surface area contributed by atoms with Gasteiger partial charge in [0, 0.05) is 25.3 Å². The summed E-state index contributed by atoms with van der Waals surface area (Å²) in [7, 11) is 0. The van der Waals surface area contributed by atoms with E-state index in [0.29, 0.717) is 5.69 Å². The molecule has 1 aromatic heterocycles. The van der Waals surface area contributed by atoms with Gasteiger partial charge in [-0.25, -0.2) is 4.79 Å². The third-order valence-electron chi connectivity index (χ3n) is 3.73. The molecule has 1 atom stereocenters. The van der Waals surface area contributed by atoms with E-state index < -0.39 is 17.9 Å². The largest absolute Gasteiger partial charge is 0.480 e. The minimum atomic E-state index is -1.14. The number of aliphatic carboxylic acids is 1. The van der Waals surface area contributed by atoms with Crippen LogP contribution in [0.4, 0.5) is 0 Å². The second-order valence-corrected chi connectivity index (χ2v) is 5.16. The van der Waals surface area contributed by atoms with Crippen LogP contribution in [0.25, 0.3) is 0 Å². The fraction of sp³-hybridized carbons (Fsp3) is 0.571. The van der Waals surface area contributed by atoms with Gasteiger partial charge in [0.1, 0.15) is 11.7 Å². The van der Waals surface area contributed by atoms with Crippen molar-refractivity contribution in [2.75, 3.05) is 19.7 Å². The van der Waals surface area contributed by atoms with E-state index in [1.165, 1.54) is 0 Å². The maximum atomic E-state index is 12.3. The molecule has 0 aliphatic carbocycles. The number of nitrogens with zero attached hydrogens (tertiary/aromatic N) is 1. The lowest BCUT2D eigenvalue weighted by Gasteiger charge is -2.26. The Bertz CT molecular complexity index is 494. The maximum Gasteiger partial charge on any atom is 0.326 e. The van der Waals surface area contributed by atoms with E-state index in [4.69, 9.17) is 10.2 Å². The molecule has 1 amide bonds. The Labute approximate surface area is 123 Å². The average Bonchev–Trinajstić information content (AvgIpc) is 2.97. The van der Waals surface area contributed by atoms with Crippen LogP contribution in [0.15, 0.2) is 18.3 Å². The first kappa shape index (κ1) is 15.5. The van der Waals surface area contributed by atoms with Crippen molar-refractivity contribution in [1.82, 2.24) is 15.2 Å². The molecule has 0 radical (unpaired) electrons. The van der Waals surface area contributed by atoms with E-state index in [-0.39, 0.29) is 19.1 Å². The van der Waals surface area contributed by atoms with Gasteiger partial charge in [0.2, 0.25) is 0 Å². The summed E-state index contributed by atoms with van der Waals surface area (Å²) in [6.45, 7) is 1.53. The first-order chi connectivity index (χ1) is 10.1. The van der Waals surface area contributed by atoms with Gasteiger partial charge in [0.15, 0.2) is 0 Å². The molecule has 0 saturated carbocycles. The highest BCUT2D eigenvalue weighted by Gasteiger charge is 2.24. The van der Waals surface area contributed by atoms with Crippen molar-refractivity contribution < 1.29 is 19.8 Å². The van der Waals surface area contributed by atoms with Crippen LogP contribution in [0.3, 0.4) is 0 Å². The van der Waals surface area contributed by atoms with Gasteiger partial charge in [-0.3, -0.25) is 4.79 Å². The Morgan fingerprint density at radius 3 is 2.76 bits per heavy atom. The van der Waals surface area contributed by atoms with Crippen molar-refractivity contribution in [3.63, 3.8) is 0 Å². The van der Waals surface area contributed by atoms with Gasteiger partial charge in [-0.05, 0) is 38.1 Å². The van der Waals surface area contributed by atoms with Crippen molar-refractivity contribution >= 4 is 11.9 Å². The SMILES string of the molecule is O=C(N[C@H](CCO)C(=O)O)c1cccn1C1CCNCC1. The molecular weight excluding hydrogens is 274 g/mol. The van der Waals surface area contributed by atoms with Crippen LogP contribution in [0.2, 0.25) is 0 Å². The summed E-state index contributed by atoms with van der Waals surface area (Å²) in [5.41, 5.74) is 0.464. The molecule has 116 valence electrons. The van der Waals surface area contributed by atoms with Gasteiger partial charge in [-0.1, -0.05) is 0 Å². The fourth-order valence-corrected chi connectivity index (χ4v) is 2.61. The zero-order chi connectivity index (χ0) is 15.2. The number of carboxylic acid groups (broad SMARTS) is 1. The minimum absolute atomic E-state index is 0.00483. The first-order valence-corrected chi connectivity index (χ1v) is 7.15. The number of piperidine rings is 1. The zero-order valence-corrected chi connectivity index (χ0v) is 11.8. The smallest absolute Gasteiger partial charge is 0.326 e. The lowest BCUT2D eigenvalue weighted by molar-refractivity contribution is -0.139. The van der Waals surface area contributed by atoms with Crippen LogP contribution < -0.4 is 10.6 Å². The Balaban J connectivity index is 2.08. The molecule has 1 saturated heterocycles. The predicted molar refractivity (Wildman–Crippen MR) is 76.2 cm³/mol. The van der Waals surface area contributed by atoms with E-state index >= 15 is 0 Å². The molecule has 0 spiro atoms. The summed E-state index contributed by atoms with van der Waals surface area (Å²) < 4.78 is 1.91. The van der Waals surface area contributed by atoms with Crippen LogP contribution >= 0.6 is 0 Å². The van der Waals surface area contributed by atoms with Crippen LogP contribution in [0, 0.1) is 0 Å². The van der Waals surface area contributed by atoms with E-state index in [2.05, 4.69) is 10.6 Å². The minimum Gasteiger partial charge on any atom is -0.480 e. The third-order valence-corrected chi connectivity index (χ3v) is 3.73. The summed E-state index contributed by atoms with van der Waals surface area (Å²) in [4.78, 5) is 23.3. The standard InChI is InChI=1S/C14H21N3O4/c18-9-5-11(14(20)21)16-13(19)12-2-1-8-17(12)10-3-6-15-7-4-10/h1-2,8,10-11,15,18H,3-7,9H2,(H,16,19)(H,20,21)/t11-/m1/s1.